The maximum Gasteiger partial charge on any atom is 0.203 e. The molecule has 0 spiro atoms. The predicted octanol–water partition coefficient (Wildman–Crippen LogP) is 3.34. The van der Waals surface area contributed by atoms with Gasteiger partial charge in [-0.25, -0.2) is 0 Å². The first-order valence-electron chi connectivity index (χ1n) is 5.49. The fourth-order valence-electron chi connectivity index (χ4n) is 1.42. The minimum atomic E-state index is 0.301. The van der Waals surface area contributed by atoms with E-state index in [2.05, 4.69) is 10.2 Å². The van der Waals surface area contributed by atoms with Crippen molar-refractivity contribution in [1.29, 1.82) is 0 Å². The standard InChI is InChI=1S/C14H12N3O/c15-12-3-7-14(8-4-12)17-16-13-5-1-11(2-6-13)9-10-18/h1-8H,9,15H2. The molecular formula is C14H12N3O. The van der Waals surface area contributed by atoms with Gasteiger partial charge in [-0.05, 0) is 42.0 Å². The lowest BCUT2D eigenvalue weighted by Gasteiger charge is -1.96. The van der Waals surface area contributed by atoms with Crippen LogP contribution in [0.4, 0.5) is 17.1 Å². The van der Waals surface area contributed by atoms with E-state index >= 15 is 0 Å². The van der Waals surface area contributed by atoms with E-state index in [9.17, 15) is 4.79 Å². The molecule has 2 aromatic rings. The third kappa shape index (κ3) is 3.25. The largest absolute Gasteiger partial charge is 0.399 e. The second-order valence-electron chi connectivity index (χ2n) is 3.78. The van der Waals surface area contributed by atoms with Crippen molar-refractivity contribution in [1.82, 2.24) is 0 Å². The highest BCUT2D eigenvalue weighted by atomic mass is 16.1. The molecule has 0 unspecified atom stereocenters. The molecule has 0 amide bonds. The maximum absolute atomic E-state index is 10.2. The van der Waals surface area contributed by atoms with E-state index in [1.807, 2.05) is 30.6 Å². The van der Waals surface area contributed by atoms with Gasteiger partial charge >= 0.3 is 0 Å². The van der Waals surface area contributed by atoms with E-state index in [4.69, 9.17) is 5.73 Å². The van der Waals surface area contributed by atoms with Gasteiger partial charge in [0.1, 0.15) is 0 Å². The molecule has 18 heavy (non-hydrogen) atoms. The first-order valence-corrected chi connectivity index (χ1v) is 5.49. The Morgan fingerprint density at radius 1 is 0.889 bits per heavy atom. The molecule has 4 heteroatoms. The highest BCUT2D eigenvalue weighted by Gasteiger charge is 1.94. The van der Waals surface area contributed by atoms with Crippen LogP contribution in [0.25, 0.3) is 0 Å². The lowest BCUT2D eigenvalue weighted by molar-refractivity contribution is 0.555. The summed E-state index contributed by atoms with van der Waals surface area (Å²) in [5.74, 6) is 0. The SMILES string of the molecule is Nc1ccc(N=Nc2ccc(C[C]=O)cc2)cc1. The molecule has 0 heterocycles. The summed E-state index contributed by atoms with van der Waals surface area (Å²) in [6, 6.07) is 14.4. The van der Waals surface area contributed by atoms with E-state index < -0.39 is 0 Å². The monoisotopic (exact) mass is 238 g/mol. The van der Waals surface area contributed by atoms with Crippen LogP contribution in [0.3, 0.4) is 0 Å². The molecular weight excluding hydrogens is 226 g/mol. The van der Waals surface area contributed by atoms with Crippen LogP contribution in [0.2, 0.25) is 0 Å². The average Bonchev–Trinajstić information content (AvgIpc) is 2.40. The van der Waals surface area contributed by atoms with Gasteiger partial charge in [-0.15, -0.1) is 0 Å². The van der Waals surface area contributed by atoms with Crippen LogP contribution in [-0.4, -0.2) is 6.29 Å². The third-order valence-electron chi connectivity index (χ3n) is 2.39. The number of benzene rings is 2. The Bertz CT molecular complexity index is 544. The predicted molar refractivity (Wildman–Crippen MR) is 70.9 cm³/mol. The van der Waals surface area contributed by atoms with Crippen molar-refractivity contribution in [3.63, 3.8) is 0 Å². The lowest BCUT2D eigenvalue weighted by atomic mass is 10.1. The molecule has 2 rings (SSSR count). The van der Waals surface area contributed by atoms with Crippen LogP contribution in [0.15, 0.2) is 58.8 Å². The first kappa shape index (κ1) is 12.0. The Balaban J connectivity index is 2.08. The number of nitrogens with zero attached hydrogens (tertiary/aromatic N) is 2. The molecule has 89 valence electrons. The molecule has 0 bridgehead atoms. The summed E-state index contributed by atoms with van der Waals surface area (Å²) in [7, 11) is 0. The molecule has 0 aromatic heterocycles. The van der Waals surface area contributed by atoms with Crippen molar-refractivity contribution in [3.05, 3.63) is 54.1 Å². The molecule has 0 aliphatic heterocycles. The number of anilines is 1. The number of hydrogen-bond acceptors (Lipinski definition) is 4. The summed E-state index contributed by atoms with van der Waals surface area (Å²) in [4.78, 5) is 10.2. The number of carbonyl (C=O) groups excluding carboxylic acids is 1. The van der Waals surface area contributed by atoms with Gasteiger partial charge < -0.3 is 5.73 Å². The van der Waals surface area contributed by atoms with Crippen LogP contribution in [0, 0.1) is 0 Å². The molecule has 4 nitrogen and oxygen atoms in total. The Hall–Kier alpha value is -2.49. The van der Waals surface area contributed by atoms with Crippen molar-refractivity contribution in [2.75, 3.05) is 5.73 Å². The van der Waals surface area contributed by atoms with Crippen LogP contribution < -0.4 is 5.73 Å². The van der Waals surface area contributed by atoms with Gasteiger partial charge in [0, 0.05) is 12.1 Å². The van der Waals surface area contributed by atoms with Gasteiger partial charge in [-0.3, -0.25) is 4.79 Å². The zero-order valence-electron chi connectivity index (χ0n) is 9.71. The van der Waals surface area contributed by atoms with E-state index in [0.29, 0.717) is 12.1 Å². The molecule has 0 atom stereocenters. The molecule has 0 saturated heterocycles. The van der Waals surface area contributed by atoms with E-state index in [1.165, 1.54) is 0 Å². The average molecular weight is 238 g/mol. The fraction of sp³-hybridized carbons (Fsp3) is 0.0714. The van der Waals surface area contributed by atoms with Crippen LogP contribution >= 0.6 is 0 Å². The van der Waals surface area contributed by atoms with Crippen LogP contribution in [0.5, 0.6) is 0 Å². The number of azo groups is 1. The number of nitrogen functional groups attached to an aromatic ring is 1. The Morgan fingerprint density at radius 2 is 1.39 bits per heavy atom. The van der Waals surface area contributed by atoms with Crippen LogP contribution in [0.1, 0.15) is 5.56 Å². The van der Waals surface area contributed by atoms with Gasteiger partial charge in [0.15, 0.2) is 0 Å². The summed E-state index contributed by atoms with van der Waals surface area (Å²) < 4.78 is 0. The highest BCUT2D eigenvalue weighted by Crippen LogP contribution is 2.19. The third-order valence-corrected chi connectivity index (χ3v) is 2.39. The van der Waals surface area contributed by atoms with Crippen molar-refractivity contribution in [2.24, 2.45) is 10.2 Å². The molecule has 1 radical (unpaired) electrons. The zero-order chi connectivity index (χ0) is 12.8. The van der Waals surface area contributed by atoms with Gasteiger partial charge in [0.25, 0.3) is 0 Å². The molecule has 2 N–H and O–H groups in total. The lowest BCUT2D eigenvalue weighted by Crippen LogP contribution is -1.83. The second-order valence-corrected chi connectivity index (χ2v) is 3.78. The minimum Gasteiger partial charge on any atom is -0.399 e. The molecule has 0 fully saturated rings. The van der Waals surface area contributed by atoms with Crippen molar-refractivity contribution in [3.8, 4) is 0 Å². The number of hydrogen-bond donors (Lipinski definition) is 1. The zero-order valence-corrected chi connectivity index (χ0v) is 9.71. The van der Waals surface area contributed by atoms with E-state index in [-0.39, 0.29) is 0 Å². The summed E-state index contributed by atoms with van der Waals surface area (Å²) in [6.07, 6.45) is 2.15. The molecule has 0 aliphatic rings. The Labute approximate surface area is 105 Å². The number of nitrogens with two attached hydrogens (primary N) is 1. The topological polar surface area (TPSA) is 67.8 Å². The summed E-state index contributed by atoms with van der Waals surface area (Å²) in [5, 5.41) is 8.18. The molecule has 0 saturated carbocycles. The van der Waals surface area contributed by atoms with Gasteiger partial charge in [0.05, 0.1) is 11.4 Å². The van der Waals surface area contributed by atoms with Crippen LogP contribution in [-0.2, 0) is 11.2 Å². The normalized spacial score (nSPS) is 10.7. The Morgan fingerprint density at radius 3 is 1.89 bits per heavy atom. The van der Waals surface area contributed by atoms with E-state index in [1.54, 1.807) is 24.3 Å². The van der Waals surface area contributed by atoms with Crippen molar-refractivity contribution >= 4 is 23.3 Å². The second kappa shape index (κ2) is 5.72. The fourth-order valence-corrected chi connectivity index (χ4v) is 1.42. The minimum absolute atomic E-state index is 0.301. The Kier molecular flexibility index (Phi) is 3.81. The van der Waals surface area contributed by atoms with Crippen molar-refractivity contribution in [2.45, 2.75) is 6.42 Å². The summed E-state index contributed by atoms with van der Waals surface area (Å²) >= 11 is 0. The summed E-state index contributed by atoms with van der Waals surface area (Å²) in [6.45, 7) is 0. The molecule has 2 aromatic carbocycles. The highest BCUT2D eigenvalue weighted by molar-refractivity contribution is 5.56. The molecule has 0 aliphatic carbocycles. The van der Waals surface area contributed by atoms with Gasteiger partial charge in [0.2, 0.25) is 6.29 Å². The smallest absolute Gasteiger partial charge is 0.203 e. The quantitative estimate of drug-likeness (QED) is 0.655. The first-order chi connectivity index (χ1) is 8.78. The number of rotatable bonds is 4. The van der Waals surface area contributed by atoms with Gasteiger partial charge in [-0.1, -0.05) is 12.1 Å². The van der Waals surface area contributed by atoms with Gasteiger partial charge in [-0.2, -0.15) is 10.2 Å². The van der Waals surface area contributed by atoms with E-state index in [0.717, 1.165) is 16.9 Å². The van der Waals surface area contributed by atoms with Crippen molar-refractivity contribution < 1.29 is 4.79 Å². The summed E-state index contributed by atoms with van der Waals surface area (Å²) in [5.41, 5.74) is 8.67. The maximum atomic E-state index is 10.2.